The molecule has 4 rings (SSSR count). The van der Waals surface area contributed by atoms with Crippen LogP contribution in [0.25, 0.3) is 5.69 Å². The summed E-state index contributed by atoms with van der Waals surface area (Å²) in [6.45, 7) is 1.99. The Morgan fingerprint density at radius 2 is 1.81 bits per heavy atom. The van der Waals surface area contributed by atoms with Gasteiger partial charge in [0.1, 0.15) is 0 Å². The molecule has 2 aromatic carbocycles. The average molecular weight is 346 g/mol. The van der Waals surface area contributed by atoms with E-state index < -0.39 is 0 Å². The lowest BCUT2D eigenvalue weighted by molar-refractivity contribution is -0.134. The van der Waals surface area contributed by atoms with Crippen LogP contribution in [0.15, 0.2) is 73.1 Å². The van der Waals surface area contributed by atoms with Gasteiger partial charge in [0, 0.05) is 32.0 Å². The molecule has 1 aromatic heterocycles. The number of hydrogen-bond acceptors (Lipinski definition) is 3. The second-order valence-electron chi connectivity index (χ2n) is 6.85. The molecule has 3 aromatic rings. The van der Waals surface area contributed by atoms with Gasteiger partial charge in [0.05, 0.1) is 11.1 Å². The Balaban J connectivity index is 1.38. The van der Waals surface area contributed by atoms with Crippen molar-refractivity contribution in [2.75, 3.05) is 13.1 Å². The second kappa shape index (κ2) is 7.14. The summed E-state index contributed by atoms with van der Waals surface area (Å²) in [5.41, 5.74) is 2.95. The van der Waals surface area contributed by atoms with Crippen LogP contribution >= 0.6 is 0 Å². The minimum atomic E-state index is -0.337. The summed E-state index contributed by atoms with van der Waals surface area (Å²) in [5, 5.41) is 10.6. The molecule has 1 fully saturated rings. The lowest BCUT2D eigenvalue weighted by Crippen LogP contribution is -2.62. The number of hydrogen-bond donors (Lipinski definition) is 2. The van der Waals surface area contributed by atoms with Gasteiger partial charge in [0.25, 0.3) is 0 Å². The first-order valence-corrected chi connectivity index (χ1v) is 8.87. The average Bonchev–Trinajstić information content (AvgIpc) is 3.19. The van der Waals surface area contributed by atoms with Crippen molar-refractivity contribution in [1.82, 2.24) is 20.4 Å². The minimum absolute atomic E-state index is 0.122. The molecule has 0 radical (unpaired) electrons. The number of amides is 1. The van der Waals surface area contributed by atoms with Gasteiger partial charge in [-0.25, -0.2) is 4.68 Å². The van der Waals surface area contributed by atoms with Crippen LogP contribution in [0.4, 0.5) is 0 Å². The molecule has 0 atom stereocenters. The molecule has 0 saturated carbocycles. The Labute approximate surface area is 153 Å². The van der Waals surface area contributed by atoms with E-state index in [1.54, 1.807) is 6.20 Å². The molecule has 1 aliphatic heterocycles. The van der Waals surface area contributed by atoms with Crippen LogP contribution in [-0.4, -0.2) is 28.8 Å². The van der Waals surface area contributed by atoms with E-state index in [4.69, 9.17) is 0 Å². The van der Waals surface area contributed by atoms with Gasteiger partial charge >= 0.3 is 0 Å². The molecular formula is C21H22N4O. The fourth-order valence-electron chi connectivity index (χ4n) is 3.34. The van der Waals surface area contributed by atoms with Crippen molar-refractivity contribution in [2.45, 2.75) is 13.0 Å². The van der Waals surface area contributed by atoms with Crippen LogP contribution in [0.2, 0.25) is 0 Å². The third-order valence-corrected chi connectivity index (χ3v) is 4.95. The van der Waals surface area contributed by atoms with E-state index in [1.807, 2.05) is 59.4 Å². The number of aromatic nitrogens is 2. The largest absolute Gasteiger partial charge is 0.351 e. The molecular weight excluding hydrogens is 324 g/mol. The van der Waals surface area contributed by atoms with Gasteiger partial charge in [0.15, 0.2) is 0 Å². The van der Waals surface area contributed by atoms with Gasteiger partial charge in [-0.05, 0) is 35.7 Å². The highest BCUT2D eigenvalue weighted by Crippen LogP contribution is 2.28. The van der Waals surface area contributed by atoms with Crippen molar-refractivity contribution in [2.24, 2.45) is 5.41 Å². The number of benzene rings is 2. The first-order valence-electron chi connectivity index (χ1n) is 8.87. The molecule has 0 bridgehead atoms. The Morgan fingerprint density at radius 1 is 1.04 bits per heavy atom. The van der Waals surface area contributed by atoms with Crippen LogP contribution in [-0.2, 0) is 17.8 Å². The molecule has 1 amide bonds. The van der Waals surface area contributed by atoms with Gasteiger partial charge in [-0.1, -0.05) is 42.5 Å². The summed E-state index contributed by atoms with van der Waals surface area (Å²) in [6, 6.07) is 20.2. The Kier molecular flexibility index (Phi) is 4.54. The van der Waals surface area contributed by atoms with Crippen LogP contribution in [0.1, 0.15) is 11.1 Å². The van der Waals surface area contributed by atoms with Gasteiger partial charge < -0.3 is 10.6 Å². The zero-order chi connectivity index (χ0) is 17.8. The van der Waals surface area contributed by atoms with Crippen molar-refractivity contribution < 1.29 is 4.79 Å². The molecule has 0 aliphatic carbocycles. The summed E-state index contributed by atoms with van der Waals surface area (Å²) in [7, 11) is 0. The van der Waals surface area contributed by atoms with Crippen LogP contribution in [0.5, 0.6) is 0 Å². The first kappa shape index (κ1) is 16.5. The number of rotatable bonds is 6. The number of carbonyl (C=O) groups excluding carboxylic acids is 1. The smallest absolute Gasteiger partial charge is 0.229 e. The van der Waals surface area contributed by atoms with Gasteiger partial charge in [0.2, 0.25) is 5.91 Å². The highest BCUT2D eigenvalue weighted by atomic mass is 16.2. The Hall–Kier alpha value is -2.92. The highest BCUT2D eigenvalue weighted by molar-refractivity contribution is 5.84. The fourth-order valence-corrected chi connectivity index (χ4v) is 3.34. The van der Waals surface area contributed by atoms with Crippen LogP contribution < -0.4 is 10.6 Å². The summed E-state index contributed by atoms with van der Waals surface area (Å²) >= 11 is 0. The van der Waals surface area contributed by atoms with Gasteiger partial charge in [-0.3, -0.25) is 4.79 Å². The maximum Gasteiger partial charge on any atom is 0.229 e. The summed E-state index contributed by atoms with van der Waals surface area (Å²) in [6.07, 6.45) is 4.44. The molecule has 1 saturated heterocycles. The topological polar surface area (TPSA) is 59.0 Å². The van der Waals surface area contributed by atoms with E-state index in [9.17, 15) is 4.79 Å². The Morgan fingerprint density at radius 3 is 2.42 bits per heavy atom. The van der Waals surface area contributed by atoms with Gasteiger partial charge in [-0.15, -0.1) is 0 Å². The molecule has 2 N–H and O–H groups in total. The molecule has 26 heavy (non-hydrogen) atoms. The quantitative estimate of drug-likeness (QED) is 0.720. The van der Waals surface area contributed by atoms with Crippen LogP contribution in [0.3, 0.4) is 0 Å². The monoisotopic (exact) mass is 346 g/mol. The molecule has 1 aliphatic rings. The van der Waals surface area contributed by atoms with E-state index in [0.717, 1.165) is 30.8 Å². The van der Waals surface area contributed by atoms with Crippen molar-refractivity contribution in [1.29, 1.82) is 0 Å². The molecule has 0 unspecified atom stereocenters. The van der Waals surface area contributed by atoms with E-state index >= 15 is 0 Å². The predicted octanol–water partition coefficient (Wildman–Crippen LogP) is 2.32. The van der Waals surface area contributed by atoms with Crippen LogP contribution in [0, 0.1) is 5.41 Å². The number of nitrogens with one attached hydrogen (secondary N) is 2. The molecule has 5 nitrogen and oxygen atoms in total. The van der Waals surface area contributed by atoms with Crippen molar-refractivity contribution in [3.05, 3.63) is 84.2 Å². The van der Waals surface area contributed by atoms with E-state index in [1.165, 1.54) is 5.56 Å². The third kappa shape index (κ3) is 3.39. The normalized spacial score (nSPS) is 15.2. The van der Waals surface area contributed by atoms with E-state index in [0.29, 0.717) is 6.54 Å². The summed E-state index contributed by atoms with van der Waals surface area (Å²) in [5.74, 6) is 0.122. The molecule has 5 heteroatoms. The first-order chi connectivity index (χ1) is 12.8. The minimum Gasteiger partial charge on any atom is -0.351 e. The second-order valence-corrected chi connectivity index (χ2v) is 6.85. The van der Waals surface area contributed by atoms with Gasteiger partial charge in [-0.2, -0.15) is 5.10 Å². The third-order valence-electron chi connectivity index (χ3n) is 4.95. The highest BCUT2D eigenvalue weighted by Gasteiger charge is 2.43. The zero-order valence-electron chi connectivity index (χ0n) is 14.6. The van der Waals surface area contributed by atoms with Crippen molar-refractivity contribution in [3.63, 3.8) is 0 Å². The standard InChI is InChI=1S/C21H22N4O/c26-20(21(15-22-16-21)13-17-5-2-1-3-6-17)23-14-18-7-9-19(10-8-18)25-12-4-11-24-25/h1-12,22H,13-16H2,(H,23,26). The Bertz CT molecular complexity index is 853. The lowest BCUT2D eigenvalue weighted by atomic mass is 9.75. The maximum absolute atomic E-state index is 12.8. The number of nitrogens with zero attached hydrogens (tertiary/aromatic N) is 2. The van der Waals surface area contributed by atoms with E-state index in [-0.39, 0.29) is 11.3 Å². The SMILES string of the molecule is O=C(NCc1ccc(-n2cccn2)cc1)C1(Cc2ccccc2)CNC1. The van der Waals surface area contributed by atoms with E-state index in [2.05, 4.69) is 27.9 Å². The fraction of sp³-hybridized carbons (Fsp3) is 0.238. The summed E-state index contributed by atoms with van der Waals surface area (Å²) < 4.78 is 1.82. The molecule has 2 heterocycles. The number of carbonyl (C=O) groups is 1. The molecule has 0 spiro atoms. The zero-order valence-corrected chi connectivity index (χ0v) is 14.6. The lowest BCUT2D eigenvalue weighted by Gasteiger charge is -2.41. The molecule has 132 valence electrons. The van der Waals surface area contributed by atoms with Crippen molar-refractivity contribution in [3.8, 4) is 5.69 Å². The summed E-state index contributed by atoms with van der Waals surface area (Å²) in [4.78, 5) is 12.8. The predicted molar refractivity (Wildman–Crippen MR) is 101 cm³/mol. The maximum atomic E-state index is 12.8. The van der Waals surface area contributed by atoms with Crippen molar-refractivity contribution >= 4 is 5.91 Å².